The van der Waals surface area contributed by atoms with E-state index >= 15 is 0 Å². The molecule has 0 aliphatic heterocycles. The lowest BCUT2D eigenvalue weighted by Crippen LogP contribution is -2.18. The highest BCUT2D eigenvalue weighted by Crippen LogP contribution is 2.16. The number of rotatable bonds is 4. The first kappa shape index (κ1) is 9.66. The summed E-state index contributed by atoms with van der Waals surface area (Å²) >= 11 is 0. The highest BCUT2D eigenvalue weighted by Gasteiger charge is 2.12. The van der Waals surface area contributed by atoms with E-state index in [1.54, 1.807) is 0 Å². The second-order valence-corrected chi connectivity index (χ2v) is 3.11. The lowest BCUT2D eigenvalue weighted by molar-refractivity contribution is 0.0848. The number of nitrogens with two attached hydrogens (primary N) is 1. The highest BCUT2D eigenvalue weighted by molar-refractivity contribution is 4.93. The van der Waals surface area contributed by atoms with Crippen molar-refractivity contribution in [2.45, 2.75) is 27.2 Å². The number of hydrogen-bond acceptors (Lipinski definition) is 2. The van der Waals surface area contributed by atoms with Crippen LogP contribution in [0.25, 0.3) is 0 Å². The average molecular weight is 143 g/mol. The molecule has 60 valence electrons. The minimum absolute atomic E-state index is 0.0742. The summed E-state index contributed by atoms with van der Waals surface area (Å²) in [4.78, 5) is 4.55. The van der Waals surface area contributed by atoms with Crippen molar-refractivity contribution in [3.8, 4) is 0 Å². The third-order valence-corrected chi connectivity index (χ3v) is 1.26. The summed E-state index contributed by atoms with van der Waals surface area (Å²) in [5.74, 6) is 4.95. The van der Waals surface area contributed by atoms with Crippen LogP contribution in [0, 0.1) is 5.41 Å². The Bertz CT molecular complexity index is 108. The molecule has 0 bridgehead atoms. The van der Waals surface area contributed by atoms with Crippen LogP contribution in [0.4, 0.5) is 0 Å². The molecule has 0 fully saturated rings. The Hall–Kier alpha value is -0.340. The molecular formula is C8H17NO. The molecule has 0 saturated carbocycles. The zero-order chi connectivity index (χ0) is 8.04. The minimum atomic E-state index is 0.0742. The van der Waals surface area contributed by atoms with Crippen LogP contribution in [-0.4, -0.2) is 6.61 Å². The first-order valence-corrected chi connectivity index (χ1v) is 3.62. The average Bonchev–Trinajstić information content (AvgIpc) is 1.84. The Morgan fingerprint density at radius 3 is 2.50 bits per heavy atom. The SMILES string of the molecule is CC/C=C/C(C)(C)CON. The second-order valence-electron chi connectivity index (χ2n) is 3.11. The summed E-state index contributed by atoms with van der Waals surface area (Å²) in [5, 5.41) is 0. The molecule has 0 rings (SSSR count). The van der Waals surface area contributed by atoms with Crippen molar-refractivity contribution in [3.05, 3.63) is 12.2 Å². The van der Waals surface area contributed by atoms with Crippen LogP contribution in [0.15, 0.2) is 12.2 Å². The fraction of sp³-hybridized carbons (Fsp3) is 0.750. The normalized spacial score (nSPS) is 12.8. The Balaban J connectivity index is 3.73. The van der Waals surface area contributed by atoms with E-state index in [1.807, 2.05) is 0 Å². The van der Waals surface area contributed by atoms with Crippen molar-refractivity contribution in [2.24, 2.45) is 11.3 Å². The summed E-state index contributed by atoms with van der Waals surface area (Å²) in [6.07, 6.45) is 5.31. The minimum Gasteiger partial charge on any atom is -0.304 e. The van der Waals surface area contributed by atoms with Gasteiger partial charge in [0, 0.05) is 5.41 Å². The summed E-state index contributed by atoms with van der Waals surface area (Å²) in [5.41, 5.74) is 0.0742. The van der Waals surface area contributed by atoms with Crippen molar-refractivity contribution in [1.29, 1.82) is 0 Å². The van der Waals surface area contributed by atoms with E-state index in [0.29, 0.717) is 6.61 Å². The van der Waals surface area contributed by atoms with Gasteiger partial charge in [-0.15, -0.1) is 0 Å². The predicted octanol–water partition coefficient (Wildman–Crippen LogP) is 1.87. The molecule has 0 aromatic carbocycles. The van der Waals surface area contributed by atoms with Gasteiger partial charge in [-0.3, -0.25) is 0 Å². The van der Waals surface area contributed by atoms with Crippen LogP contribution in [-0.2, 0) is 4.84 Å². The molecule has 0 aromatic heterocycles. The molecule has 0 atom stereocenters. The Morgan fingerprint density at radius 2 is 2.10 bits per heavy atom. The van der Waals surface area contributed by atoms with Crippen molar-refractivity contribution in [3.63, 3.8) is 0 Å². The molecule has 0 aliphatic carbocycles. The van der Waals surface area contributed by atoms with Gasteiger partial charge in [0.15, 0.2) is 0 Å². The Labute approximate surface area is 63.0 Å². The van der Waals surface area contributed by atoms with Gasteiger partial charge in [0.2, 0.25) is 0 Å². The lowest BCUT2D eigenvalue weighted by atomic mass is 9.94. The molecular weight excluding hydrogens is 126 g/mol. The van der Waals surface area contributed by atoms with E-state index in [9.17, 15) is 0 Å². The first-order valence-electron chi connectivity index (χ1n) is 3.62. The van der Waals surface area contributed by atoms with Crippen LogP contribution in [0.5, 0.6) is 0 Å². The molecule has 0 radical (unpaired) electrons. The topological polar surface area (TPSA) is 35.2 Å². The fourth-order valence-electron chi connectivity index (χ4n) is 0.700. The van der Waals surface area contributed by atoms with Crippen molar-refractivity contribution < 1.29 is 4.84 Å². The molecule has 0 saturated heterocycles. The van der Waals surface area contributed by atoms with E-state index in [2.05, 4.69) is 37.8 Å². The van der Waals surface area contributed by atoms with Gasteiger partial charge < -0.3 is 4.84 Å². The largest absolute Gasteiger partial charge is 0.304 e. The van der Waals surface area contributed by atoms with E-state index in [0.717, 1.165) is 6.42 Å². The summed E-state index contributed by atoms with van der Waals surface area (Å²) in [6, 6.07) is 0. The fourth-order valence-corrected chi connectivity index (χ4v) is 0.700. The molecule has 0 spiro atoms. The molecule has 2 nitrogen and oxygen atoms in total. The third-order valence-electron chi connectivity index (χ3n) is 1.26. The van der Waals surface area contributed by atoms with Gasteiger partial charge in [-0.05, 0) is 6.42 Å². The van der Waals surface area contributed by atoms with Crippen molar-refractivity contribution >= 4 is 0 Å². The van der Waals surface area contributed by atoms with Crippen LogP contribution >= 0.6 is 0 Å². The maximum Gasteiger partial charge on any atom is 0.0764 e. The van der Waals surface area contributed by atoms with Gasteiger partial charge in [0.05, 0.1) is 6.61 Å². The standard InChI is InChI=1S/C8H17NO/c1-4-5-6-8(2,3)7-10-9/h5-6H,4,7,9H2,1-3H3/b6-5+. The molecule has 0 aromatic rings. The second kappa shape index (κ2) is 4.47. The van der Waals surface area contributed by atoms with E-state index < -0.39 is 0 Å². The van der Waals surface area contributed by atoms with E-state index in [1.165, 1.54) is 0 Å². The maximum absolute atomic E-state index is 4.95. The van der Waals surface area contributed by atoms with Gasteiger partial charge in [-0.2, -0.15) is 0 Å². The quantitative estimate of drug-likeness (QED) is 0.481. The molecule has 10 heavy (non-hydrogen) atoms. The summed E-state index contributed by atoms with van der Waals surface area (Å²) < 4.78 is 0. The number of hydrogen-bond donors (Lipinski definition) is 1. The Kier molecular flexibility index (Phi) is 4.32. The van der Waals surface area contributed by atoms with Crippen LogP contribution in [0.2, 0.25) is 0 Å². The van der Waals surface area contributed by atoms with E-state index in [-0.39, 0.29) is 5.41 Å². The highest BCUT2D eigenvalue weighted by atomic mass is 16.6. The molecule has 2 N–H and O–H groups in total. The smallest absolute Gasteiger partial charge is 0.0764 e. The van der Waals surface area contributed by atoms with Gasteiger partial charge in [-0.25, -0.2) is 5.90 Å². The molecule has 0 unspecified atom stereocenters. The Morgan fingerprint density at radius 1 is 1.50 bits per heavy atom. The van der Waals surface area contributed by atoms with E-state index in [4.69, 9.17) is 5.90 Å². The van der Waals surface area contributed by atoms with Crippen LogP contribution < -0.4 is 5.90 Å². The number of allylic oxidation sites excluding steroid dienone is 1. The zero-order valence-corrected chi connectivity index (χ0v) is 7.05. The molecule has 0 amide bonds. The molecule has 0 aliphatic rings. The van der Waals surface area contributed by atoms with Crippen LogP contribution in [0.3, 0.4) is 0 Å². The monoisotopic (exact) mass is 143 g/mol. The zero-order valence-electron chi connectivity index (χ0n) is 7.05. The van der Waals surface area contributed by atoms with Gasteiger partial charge in [-0.1, -0.05) is 32.9 Å². The maximum atomic E-state index is 4.95. The summed E-state index contributed by atoms with van der Waals surface area (Å²) in [7, 11) is 0. The van der Waals surface area contributed by atoms with Crippen LogP contribution in [0.1, 0.15) is 27.2 Å². The lowest BCUT2D eigenvalue weighted by Gasteiger charge is -2.17. The molecule has 2 heteroatoms. The van der Waals surface area contributed by atoms with Gasteiger partial charge in [0.25, 0.3) is 0 Å². The summed E-state index contributed by atoms with van der Waals surface area (Å²) in [6.45, 7) is 6.86. The predicted molar refractivity (Wildman–Crippen MR) is 43.4 cm³/mol. The first-order chi connectivity index (χ1) is 4.62. The van der Waals surface area contributed by atoms with Crippen molar-refractivity contribution in [2.75, 3.05) is 6.61 Å². The third kappa shape index (κ3) is 4.53. The van der Waals surface area contributed by atoms with Gasteiger partial charge in [0.1, 0.15) is 0 Å². The molecule has 0 heterocycles. The van der Waals surface area contributed by atoms with Crippen molar-refractivity contribution in [1.82, 2.24) is 0 Å². The van der Waals surface area contributed by atoms with Gasteiger partial charge >= 0.3 is 0 Å².